The molecular formula is C17H22Cl2N2O2. The molecule has 0 radical (unpaired) electrons. The molecule has 0 atom stereocenters. The van der Waals surface area contributed by atoms with Gasteiger partial charge in [0.1, 0.15) is 0 Å². The Kier molecular flexibility index (Phi) is 7.18. The van der Waals surface area contributed by atoms with Crippen LogP contribution in [0.15, 0.2) is 18.2 Å². The standard InChI is InChI=1S/C17H22Cl2N2O2/c18-12-8-9-14(15(19)10-12)17(23)20-11-16(22)21-13-6-4-2-1-3-5-7-13/h8-10,13H,1-7,11H2,(H,20,23)(H,21,22). The second-order valence-corrected chi connectivity index (χ2v) is 6.76. The Labute approximate surface area is 146 Å². The number of carbonyl (C=O) groups is 2. The molecule has 2 amide bonds. The molecule has 6 heteroatoms. The lowest BCUT2D eigenvalue weighted by Crippen LogP contribution is -2.42. The van der Waals surface area contributed by atoms with Crippen LogP contribution in [0.25, 0.3) is 0 Å². The monoisotopic (exact) mass is 356 g/mol. The molecule has 0 saturated heterocycles. The summed E-state index contributed by atoms with van der Waals surface area (Å²) in [5.74, 6) is -0.534. The van der Waals surface area contributed by atoms with E-state index in [2.05, 4.69) is 10.6 Å². The highest BCUT2D eigenvalue weighted by atomic mass is 35.5. The lowest BCUT2D eigenvalue weighted by Gasteiger charge is -2.21. The Bertz CT molecular complexity index is 556. The Morgan fingerprint density at radius 3 is 2.35 bits per heavy atom. The van der Waals surface area contributed by atoms with Crippen LogP contribution in [0.5, 0.6) is 0 Å². The average Bonchev–Trinajstić information content (AvgIpc) is 2.47. The van der Waals surface area contributed by atoms with E-state index in [1.165, 1.54) is 25.3 Å². The summed E-state index contributed by atoms with van der Waals surface area (Å²) >= 11 is 11.8. The number of halogens is 2. The molecule has 126 valence electrons. The van der Waals surface area contributed by atoms with Crippen molar-refractivity contribution in [3.8, 4) is 0 Å². The molecule has 0 unspecified atom stereocenters. The van der Waals surface area contributed by atoms with Crippen LogP contribution in [0, 0.1) is 0 Å². The van der Waals surface area contributed by atoms with Gasteiger partial charge in [0.15, 0.2) is 0 Å². The number of carbonyl (C=O) groups excluding carboxylic acids is 2. The highest BCUT2D eigenvalue weighted by molar-refractivity contribution is 6.36. The Balaban J connectivity index is 1.80. The molecule has 0 aromatic heterocycles. The number of nitrogens with one attached hydrogen (secondary N) is 2. The van der Waals surface area contributed by atoms with E-state index in [9.17, 15) is 9.59 Å². The van der Waals surface area contributed by atoms with Crippen LogP contribution in [-0.2, 0) is 4.79 Å². The summed E-state index contributed by atoms with van der Waals surface area (Å²) in [7, 11) is 0. The van der Waals surface area contributed by atoms with Crippen molar-refractivity contribution in [3.05, 3.63) is 33.8 Å². The van der Waals surface area contributed by atoms with Crippen molar-refractivity contribution in [2.24, 2.45) is 0 Å². The quantitative estimate of drug-likeness (QED) is 0.857. The fourth-order valence-corrected chi connectivity index (χ4v) is 3.30. The molecular weight excluding hydrogens is 335 g/mol. The van der Waals surface area contributed by atoms with Crippen LogP contribution < -0.4 is 10.6 Å². The summed E-state index contributed by atoms with van der Waals surface area (Å²) in [5.41, 5.74) is 0.315. The van der Waals surface area contributed by atoms with Crippen LogP contribution in [0.2, 0.25) is 10.0 Å². The Morgan fingerprint density at radius 2 is 1.70 bits per heavy atom. The minimum Gasteiger partial charge on any atom is -0.352 e. The van der Waals surface area contributed by atoms with E-state index in [0.717, 1.165) is 25.7 Å². The van der Waals surface area contributed by atoms with Crippen LogP contribution in [0.1, 0.15) is 55.3 Å². The Morgan fingerprint density at radius 1 is 1.04 bits per heavy atom. The molecule has 0 heterocycles. The van der Waals surface area contributed by atoms with E-state index in [4.69, 9.17) is 23.2 Å². The fraction of sp³-hybridized carbons (Fsp3) is 0.529. The van der Waals surface area contributed by atoms with Gasteiger partial charge in [-0.25, -0.2) is 0 Å². The lowest BCUT2D eigenvalue weighted by atomic mass is 9.97. The van der Waals surface area contributed by atoms with Crippen molar-refractivity contribution < 1.29 is 9.59 Å². The number of amides is 2. The molecule has 23 heavy (non-hydrogen) atoms. The molecule has 1 saturated carbocycles. The van der Waals surface area contributed by atoms with Crippen molar-refractivity contribution in [2.45, 2.75) is 51.0 Å². The van der Waals surface area contributed by atoms with Crippen LogP contribution in [0.3, 0.4) is 0 Å². The lowest BCUT2D eigenvalue weighted by molar-refractivity contribution is -0.120. The normalized spacial score (nSPS) is 16.3. The summed E-state index contributed by atoms with van der Waals surface area (Å²) in [6.07, 6.45) is 8.09. The van der Waals surface area contributed by atoms with E-state index >= 15 is 0 Å². The first-order valence-corrected chi connectivity index (χ1v) is 8.84. The van der Waals surface area contributed by atoms with Gasteiger partial charge in [-0.15, -0.1) is 0 Å². The SMILES string of the molecule is O=C(CNC(=O)c1ccc(Cl)cc1Cl)NC1CCCCCCC1. The maximum absolute atomic E-state index is 12.1. The third kappa shape index (κ3) is 6.04. The van der Waals surface area contributed by atoms with Crippen LogP contribution in [0.4, 0.5) is 0 Å². The largest absolute Gasteiger partial charge is 0.352 e. The van der Waals surface area contributed by atoms with Crippen LogP contribution >= 0.6 is 23.2 Å². The second kappa shape index (κ2) is 9.14. The van der Waals surface area contributed by atoms with Gasteiger partial charge in [0.2, 0.25) is 5.91 Å². The number of hydrogen-bond acceptors (Lipinski definition) is 2. The van der Waals surface area contributed by atoms with E-state index in [1.807, 2.05) is 0 Å². The predicted molar refractivity (Wildman–Crippen MR) is 93.0 cm³/mol. The van der Waals surface area contributed by atoms with E-state index in [1.54, 1.807) is 12.1 Å². The molecule has 2 N–H and O–H groups in total. The van der Waals surface area contributed by atoms with Gasteiger partial charge in [-0.1, -0.05) is 55.3 Å². The van der Waals surface area contributed by atoms with Gasteiger partial charge in [-0.2, -0.15) is 0 Å². The number of hydrogen-bond donors (Lipinski definition) is 2. The van der Waals surface area contributed by atoms with Gasteiger partial charge in [0.05, 0.1) is 17.1 Å². The summed E-state index contributed by atoms with van der Waals surface area (Å²) < 4.78 is 0. The van der Waals surface area contributed by atoms with Crippen molar-refractivity contribution in [1.82, 2.24) is 10.6 Å². The van der Waals surface area contributed by atoms with Crippen molar-refractivity contribution in [3.63, 3.8) is 0 Å². The van der Waals surface area contributed by atoms with Crippen molar-refractivity contribution >= 4 is 35.0 Å². The fourth-order valence-electron chi connectivity index (χ4n) is 2.81. The maximum atomic E-state index is 12.1. The molecule has 2 rings (SSSR count). The molecule has 1 aliphatic rings. The molecule has 1 aliphatic carbocycles. The van der Waals surface area contributed by atoms with Gasteiger partial charge in [-0.3, -0.25) is 9.59 Å². The summed E-state index contributed by atoms with van der Waals surface area (Å²) in [6.45, 7) is -0.0473. The highest BCUT2D eigenvalue weighted by Crippen LogP contribution is 2.20. The smallest absolute Gasteiger partial charge is 0.253 e. The first-order chi connectivity index (χ1) is 11.1. The van der Waals surface area contributed by atoms with Gasteiger partial charge >= 0.3 is 0 Å². The molecule has 1 aromatic carbocycles. The minimum absolute atomic E-state index is 0.0473. The molecule has 4 nitrogen and oxygen atoms in total. The Hall–Kier alpha value is -1.26. The third-order valence-corrected chi connectivity index (χ3v) is 4.60. The zero-order valence-electron chi connectivity index (χ0n) is 13.0. The molecule has 0 aliphatic heterocycles. The molecule has 0 spiro atoms. The molecule has 0 bridgehead atoms. The van der Waals surface area contributed by atoms with Crippen molar-refractivity contribution in [2.75, 3.05) is 6.54 Å². The van der Waals surface area contributed by atoms with E-state index in [-0.39, 0.29) is 29.4 Å². The van der Waals surface area contributed by atoms with Gasteiger partial charge in [-0.05, 0) is 31.0 Å². The summed E-state index contributed by atoms with van der Waals surface area (Å²) in [4.78, 5) is 24.1. The predicted octanol–water partition coefficient (Wildman–Crippen LogP) is 3.95. The summed E-state index contributed by atoms with van der Waals surface area (Å²) in [6, 6.07) is 4.87. The zero-order chi connectivity index (χ0) is 16.7. The highest BCUT2D eigenvalue weighted by Gasteiger charge is 2.16. The van der Waals surface area contributed by atoms with E-state index in [0.29, 0.717) is 10.6 Å². The minimum atomic E-state index is -0.375. The molecule has 1 fully saturated rings. The number of rotatable bonds is 4. The second-order valence-electron chi connectivity index (χ2n) is 5.92. The topological polar surface area (TPSA) is 58.2 Å². The van der Waals surface area contributed by atoms with Gasteiger partial charge in [0.25, 0.3) is 5.91 Å². The van der Waals surface area contributed by atoms with E-state index < -0.39 is 0 Å². The van der Waals surface area contributed by atoms with Crippen LogP contribution in [-0.4, -0.2) is 24.4 Å². The maximum Gasteiger partial charge on any atom is 0.253 e. The first-order valence-electron chi connectivity index (χ1n) is 8.09. The number of benzene rings is 1. The third-order valence-electron chi connectivity index (χ3n) is 4.06. The average molecular weight is 357 g/mol. The van der Waals surface area contributed by atoms with Crippen molar-refractivity contribution in [1.29, 1.82) is 0 Å². The first kappa shape index (κ1) is 18.1. The molecule has 1 aromatic rings. The summed E-state index contributed by atoms with van der Waals surface area (Å²) in [5, 5.41) is 6.35. The van der Waals surface area contributed by atoms with Gasteiger partial charge in [0, 0.05) is 11.1 Å². The zero-order valence-corrected chi connectivity index (χ0v) is 14.6. The van der Waals surface area contributed by atoms with Gasteiger partial charge < -0.3 is 10.6 Å².